The van der Waals surface area contributed by atoms with Crippen molar-refractivity contribution in [3.63, 3.8) is 0 Å². The first-order chi connectivity index (χ1) is 9.60. The number of rotatable bonds is 5. The Morgan fingerprint density at radius 1 is 1.30 bits per heavy atom. The molecule has 0 unspecified atom stereocenters. The molecule has 0 spiro atoms. The number of hydrogen-bond donors (Lipinski definition) is 1. The smallest absolute Gasteiger partial charge is 0.367 e. The van der Waals surface area contributed by atoms with Gasteiger partial charge in [-0.25, -0.2) is 14.8 Å². The van der Waals surface area contributed by atoms with Crippen LogP contribution in [0.4, 0.5) is 0 Å². The molecular formula is C12H13N3O3S2. The summed E-state index contributed by atoms with van der Waals surface area (Å²) in [5.74, 6) is -0.839. The average molecular weight is 311 g/mol. The quantitative estimate of drug-likeness (QED) is 0.854. The van der Waals surface area contributed by atoms with Crippen molar-refractivity contribution in [3.8, 4) is 0 Å². The maximum Gasteiger partial charge on any atom is 0.367 e. The van der Waals surface area contributed by atoms with Gasteiger partial charge >= 0.3 is 5.97 Å². The summed E-state index contributed by atoms with van der Waals surface area (Å²) in [5.41, 5.74) is 1.02. The van der Waals surface area contributed by atoms with Crippen LogP contribution in [0.15, 0.2) is 10.8 Å². The highest BCUT2D eigenvalue weighted by atomic mass is 32.1. The van der Waals surface area contributed by atoms with Crippen LogP contribution in [-0.2, 0) is 11.3 Å². The molecule has 1 amide bonds. The number of nitrogens with one attached hydrogen (secondary N) is 1. The van der Waals surface area contributed by atoms with Gasteiger partial charge in [-0.15, -0.1) is 22.7 Å². The van der Waals surface area contributed by atoms with E-state index in [0.717, 1.165) is 22.0 Å². The van der Waals surface area contributed by atoms with Crippen LogP contribution in [0.5, 0.6) is 0 Å². The van der Waals surface area contributed by atoms with Crippen LogP contribution in [0.3, 0.4) is 0 Å². The first kappa shape index (κ1) is 14.6. The second-order valence-electron chi connectivity index (χ2n) is 3.80. The Morgan fingerprint density at radius 3 is 2.75 bits per heavy atom. The number of hydrogen-bond acceptors (Lipinski definition) is 7. The first-order valence-corrected chi connectivity index (χ1v) is 7.68. The minimum atomic E-state index is -0.508. The van der Waals surface area contributed by atoms with Crippen LogP contribution in [0.2, 0.25) is 0 Å². The summed E-state index contributed by atoms with van der Waals surface area (Å²) >= 11 is 2.62. The minimum Gasteiger partial charge on any atom is -0.461 e. The number of carbonyl (C=O) groups excluding carboxylic acids is 2. The molecule has 106 valence electrons. The Labute approximate surface area is 123 Å². The van der Waals surface area contributed by atoms with E-state index in [0.29, 0.717) is 6.54 Å². The normalized spacial score (nSPS) is 10.3. The molecule has 2 aromatic rings. The summed E-state index contributed by atoms with van der Waals surface area (Å²) in [4.78, 5) is 31.5. The van der Waals surface area contributed by atoms with E-state index in [9.17, 15) is 9.59 Å². The SMILES string of the molecule is CCOC(=O)c1nc(C(=O)NCc2csc(C)n2)cs1. The summed E-state index contributed by atoms with van der Waals surface area (Å²) in [5, 5.41) is 7.27. The topological polar surface area (TPSA) is 81.2 Å². The lowest BCUT2D eigenvalue weighted by Gasteiger charge is -2.00. The van der Waals surface area contributed by atoms with Crippen LogP contribution in [0, 0.1) is 6.92 Å². The van der Waals surface area contributed by atoms with Gasteiger partial charge in [0.25, 0.3) is 5.91 Å². The van der Waals surface area contributed by atoms with E-state index < -0.39 is 5.97 Å². The van der Waals surface area contributed by atoms with E-state index >= 15 is 0 Å². The largest absolute Gasteiger partial charge is 0.461 e. The van der Waals surface area contributed by atoms with Crippen molar-refractivity contribution in [2.75, 3.05) is 6.61 Å². The van der Waals surface area contributed by atoms with Crippen LogP contribution in [-0.4, -0.2) is 28.5 Å². The molecule has 0 aliphatic heterocycles. The zero-order chi connectivity index (χ0) is 14.5. The zero-order valence-electron chi connectivity index (χ0n) is 11.0. The van der Waals surface area contributed by atoms with Gasteiger partial charge in [-0.3, -0.25) is 4.79 Å². The summed E-state index contributed by atoms with van der Waals surface area (Å²) in [7, 11) is 0. The molecule has 0 bridgehead atoms. The van der Waals surface area contributed by atoms with Crippen molar-refractivity contribution < 1.29 is 14.3 Å². The van der Waals surface area contributed by atoms with Gasteiger partial charge in [0, 0.05) is 10.8 Å². The van der Waals surface area contributed by atoms with Crippen molar-refractivity contribution in [1.82, 2.24) is 15.3 Å². The summed E-state index contributed by atoms with van der Waals surface area (Å²) in [6, 6.07) is 0. The zero-order valence-corrected chi connectivity index (χ0v) is 12.6. The molecule has 0 fully saturated rings. The Kier molecular flexibility index (Phi) is 4.80. The molecule has 0 radical (unpaired) electrons. The van der Waals surface area contributed by atoms with Gasteiger partial charge in [-0.05, 0) is 13.8 Å². The molecule has 8 heteroatoms. The van der Waals surface area contributed by atoms with Gasteiger partial charge in [0.1, 0.15) is 5.69 Å². The Morgan fingerprint density at radius 2 is 2.10 bits per heavy atom. The second-order valence-corrected chi connectivity index (χ2v) is 5.72. The fourth-order valence-electron chi connectivity index (χ4n) is 1.42. The van der Waals surface area contributed by atoms with Gasteiger partial charge in [-0.2, -0.15) is 0 Å². The molecule has 0 saturated heterocycles. The highest BCUT2D eigenvalue weighted by Gasteiger charge is 2.16. The molecule has 2 heterocycles. The molecule has 0 atom stereocenters. The van der Waals surface area contributed by atoms with Crippen LogP contribution in [0.25, 0.3) is 0 Å². The van der Waals surface area contributed by atoms with Gasteiger partial charge < -0.3 is 10.1 Å². The fraction of sp³-hybridized carbons (Fsp3) is 0.333. The monoisotopic (exact) mass is 311 g/mol. The van der Waals surface area contributed by atoms with E-state index in [1.165, 1.54) is 16.7 Å². The number of thiazole rings is 2. The Hall–Kier alpha value is -1.80. The van der Waals surface area contributed by atoms with E-state index in [-0.39, 0.29) is 23.2 Å². The van der Waals surface area contributed by atoms with Crippen molar-refractivity contribution in [2.45, 2.75) is 20.4 Å². The third-order valence-corrected chi connectivity index (χ3v) is 3.93. The van der Waals surface area contributed by atoms with Crippen molar-refractivity contribution >= 4 is 34.6 Å². The standard InChI is InChI=1S/C12H13N3O3S2/c1-3-18-12(17)11-15-9(6-20-11)10(16)13-4-8-5-19-7(2)14-8/h5-6H,3-4H2,1-2H3,(H,13,16). The number of carbonyl (C=O) groups is 2. The first-order valence-electron chi connectivity index (χ1n) is 5.92. The molecule has 1 N–H and O–H groups in total. The Balaban J connectivity index is 1.94. The van der Waals surface area contributed by atoms with E-state index in [1.54, 1.807) is 6.92 Å². The molecule has 6 nitrogen and oxygen atoms in total. The molecule has 0 saturated carbocycles. The molecule has 20 heavy (non-hydrogen) atoms. The maximum absolute atomic E-state index is 11.9. The van der Waals surface area contributed by atoms with Crippen molar-refractivity contribution in [2.24, 2.45) is 0 Å². The van der Waals surface area contributed by atoms with Crippen LogP contribution >= 0.6 is 22.7 Å². The molecular weight excluding hydrogens is 298 g/mol. The van der Waals surface area contributed by atoms with Gasteiger partial charge in [-0.1, -0.05) is 0 Å². The highest BCUT2D eigenvalue weighted by molar-refractivity contribution is 7.11. The molecule has 0 aromatic carbocycles. The van der Waals surface area contributed by atoms with E-state index in [4.69, 9.17) is 4.74 Å². The molecule has 0 aliphatic carbocycles. The number of nitrogens with zero attached hydrogens (tertiary/aromatic N) is 2. The summed E-state index contributed by atoms with van der Waals surface area (Å²) < 4.78 is 4.82. The summed E-state index contributed by atoms with van der Waals surface area (Å²) in [6.07, 6.45) is 0. The average Bonchev–Trinajstić information content (AvgIpc) is 3.05. The lowest BCUT2D eigenvalue weighted by molar-refractivity contribution is 0.0526. The number of amides is 1. The molecule has 2 aromatic heterocycles. The lowest BCUT2D eigenvalue weighted by Crippen LogP contribution is -2.23. The second kappa shape index (κ2) is 6.58. The maximum atomic E-state index is 11.9. The molecule has 2 rings (SSSR count). The minimum absolute atomic E-state index is 0.182. The Bertz CT molecular complexity index is 621. The van der Waals surface area contributed by atoms with Gasteiger partial charge in [0.15, 0.2) is 0 Å². The number of aryl methyl sites for hydroxylation is 1. The predicted octanol–water partition coefficient (Wildman–Crippen LogP) is 2.01. The predicted molar refractivity (Wildman–Crippen MR) is 76.1 cm³/mol. The highest BCUT2D eigenvalue weighted by Crippen LogP contribution is 2.12. The van der Waals surface area contributed by atoms with Crippen LogP contribution < -0.4 is 5.32 Å². The van der Waals surface area contributed by atoms with Crippen molar-refractivity contribution in [3.05, 3.63) is 32.2 Å². The van der Waals surface area contributed by atoms with Gasteiger partial charge in [0.2, 0.25) is 5.01 Å². The fourth-order valence-corrected chi connectivity index (χ4v) is 2.72. The third kappa shape index (κ3) is 3.61. The number of ether oxygens (including phenoxy) is 1. The van der Waals surface area contributed by atoms with Gasteiger partial charge in [0.05, 0.1) is 23.9 Å². The third-order valence-electron chi connectivity index (χ3n) is 2.28. The molecule has 0 aliphatic rings. The summed E-state index contributed by atoms with van der Waals surface area (Å²) in [6.45, 7) is 4.25. The van der Waals surface area contributed by atoms with E-state index in [1.807, 2.05) is 12.3 Å². The van der Waals surface area contributed by atoms with Crippen molar-refractivity contribution in [1.29, 1.82) is 0 Å². The number of aromatic nitrogens is 2. The lowest BCUT2D eigenvalue weighted by atomic mass is 10.4. The number of esters is 1. The van der Waals surface area contributed by atoms with E-state index in [2.05, 4.69) is 15.3 Å². The van der Waals surface area contributed by atoms with Crippen LogP contribution in [0.1, 0.15) is 37.9 Å².